The standard InChI is InChI=1S/C18H23N3O.2ClH/c1-12(2)17-10-15(14-7-3-4-8-16(14)21-17)18(22)20-13-6-5-9-19-11-13;;/h3-4,7-8,10,12-13,19H,5-6,9,11H2,1-2H3,(H,20,22);2*1H. The third-order valence-corrected chi connectivity index (χ3v) is 4.20. The van der Waals surface area contributed by atoms with Crippen LogP contribution in [0.5, 0.6) is 0 Å². The second-order valence-electron chi connectivity index (χ2n) is 6.28. The van der Waals surface area contributed by atoms with E-state index < -0.39 is 0 Å². The van der Waals surface area contributed by atoms with Crippen LogP contribution in [0.2, 0.25) is 0 Å². The largest absolute Gasteiger partial charge is 0.348 e. The van der Waals surface area contributed by atoms with Crippen molar-refractivity contribution in [2.75, 3.05) is 13.1 Å². The van der Waals surface area contributed by atoms with Crippen LogP contribution >= 0.6 is 24.8 Å². The molecule has 1 unspecified atom stereocenters. The molecule has 1 aliphatic heterocycles. The first-order chi connectivity index (χ1) is 10.6. The Balaban J connectivity index is 0.00000144. The Kier molecular flexibility index (Phi) is 7.94. The molecule has 1 aromatic heterocycles. The number of amides is 1. The lowest BCUT2D eigenvalue weighted by molar-refractivity contribution is 0.0932. The summed E-state index contributed by atoms with van der Waals surface area (Å²) in [5.41, 5.74) is 2.59. The molecule has 0 radical (unpaired) electrons. The number of benzene rings is 1. The van der Waals surface area contributed by atoms with Crippen LogP contribution in [0.15, 0.2) is 30.3 Å². The molecular formula is C18H25Cl2N3O. The molecular weight excluding hydrogens is 345 g/mol. The minimum atomic E-state index is 0. The number of hydrogen-bond acceptors (Lipinski definition) is 3. The highest BCUT2D eigenvalue weighted by Gasteiger charge is 2.19. The van der Waals surface area contributed by atoms with Crippen molar-refractivity contribution in [1.82, 2.24) is 15.6 Å². The Hall–Kier alpha value is -1.36. The summed E-state index contributed by atoms with van der Waals surface area (Å²) in [5, 5.41) is 7.42. The van der Waals surface area contributed by atoms with Crippen LogP contribution in [0.4, 0.5) is 0 Å². The van der Waals surface area contributed by atoms with Crippen molar-refractivity contribution < 1.29 is 4.79 Å². The number of nitrogens with zero attached hydrogens (tertiary/aromatic N) is 1. The summed E-state index contributed by atoms with van der Waals surface area (Å²) in [6.07, 6.45) is 2.15. The molecule has 1 aliphatic rings. The first kappa shape index (κ1) is 20.7. The molecule has 3 rings (SSSR count). The molecule has 0 aliphatic carbocycles. The SMILES string of the molecule is CC(C)c1cc(C(=O)NC2CCCNC2)c2ccccc2n1.Cl.Cl. The number of hydrogen-bond donors (Lipinski definition) is 2. The molecule has 2 N–H and O–H groups in total. The van der Waals surface area contributed by atoms with Gasteiger partial charge in [-0.1, -0.05) is 32.0 Å². The number of carbonyl (C=O) groups is 1. The summed E-state index contributed by atoms with van der Waals surface area (Å²) in [7, 11) is 0. The summed E-state index contributed by atoms with van der Waals surface area (Å²) in [4.78, 5) is 17.4. The number of fused-ring (bicyclic) bond motifs is 1. The van der Waals surface area contributed by atoms with Gasteiger partial charge in [0.05, 0.1) is 11.1 Å². The predicted molar refractivity (Wildman–Crippen MR) is 104 cm³/mol. The van der Waals surface area contributed by atoms with Gasteiger partial charge in [-0.2, -0.15) is 0 Å². The van der Waals surface area contributed by atoms with Gasteiger partial charge in [-0.15, -0.1) is 24.8 Å². The molecule has 1 atom stereocenters. The van der Waals surface area contributed by atoms with Crippen molar-refractivity contribution in [2.24, 2.45) is 0 Å². The van der Waals surface area contributed by atoms with Crippen LogP contribution in [0.1, 0.15) is 48.7 Å². The third kappa shape index (κ3) is 4.59. The molecule has 2 heterocycles. The number of halogens is 2. The lowest BCUT2D eigenvalue weighted by Crippen LogP contribution is -2.45. The summed E-state index contributed by atoms with van der Waals surface area (Å²) in [6.45, 7) is 6.10. The van der Waals surface area contributed by atoms with Crippen LogP contribution in [0.25, 0.3) is 10.9 Å². The second kappa shape index (κ2) is 9.21. The van der Waals surface area contributed by atoms with Gasteiger partial charge in [0.25, 0.3) is 5.91 Å². The maximum atomic E-state index is 12.7. The zero-order valence-electron chi connectivity index (χ0n) is 14.0. The number of para-hydroxylation sites is 1. The van der Waals surface area contributed by atoms with Crippen molar-refractivity contribution in [3.05, 3.63) is 41.6 Å². The molecule has 4 nitrogen and oxygen atoms in total. The molecule has 2 aromatic rings. The van der Waals surface area contributed by atoms with E-state index in [1.807, 2.05) is 30.3 Å². The third-order valence-electron chi connectivity index (χ3n) is 4.20. The van der Waals surface area contributed by atoms with Crippen molar-refractivity contribution >= 4 is 41.6 Å². The highest BCUT2D eigenvalue weighted by molar-refractivity contribution is 6.06. The van der Waals surface area contributed by atoms with Gasteiger partial charge in [-0.3, -0.25) is 9.78 Å². The smallest absolute Gasteiger partial charge is 0.252 e. The fourth-order valence-corrected chi connectivity index (χ4v) is 2.92. The van der Waals surface area contributed by atoms with Gasteiger partial charge in [0.15, 0.2) is 0 Å². The van der Waals surface area contributed by atoms with E-state index in [-0.39, 0.29) is 36.8 Å². The van der Waals surface area contributed by atoms with Crippen LogP contribution in [0, 0.1) is 0 Å². The van der Waals surface area contributed by atoms with Crippen LogP contribution in [0.3, 0.4) is 0 Å². The Morgan fingerprint density at radius 2 is 2.04 bits per heavy atom. The van der Waals surface area contributed by atoms with E-state index in [0.29, 0.717) is 5.92 Å². The van der Waals surface area contributed by atoms with E-state index >= 15 is 0 Å². The fourth-order valence-electron chi connectivity index (χ4n) is 2.92. The zero-order valence-corrected chi connectivity index (χ0v) is 15.7. The Morgan fingerprint density at radius 1 is 1.29 bits per heavy atom. The van der Waals surface area contributed by atoms with Gasteiger partial charge in [0.1, 0.15) is 0 Å². The number of nitrogens with one attached hydrogen (secondary N) is 2. The van der Waals surface area contributed by atoms with Crippen LogP contribution < -0.4 is 10.6 Å². The van der Waals surface area contributed by atoms with Crippen molar-refractivity contribution in [3.63, 3.8) is 0 Å². The van der Waals surface area contributed by atoms with Gasteiger partial charge in [0, 0.05) is 23.7 Å². The van der Waals surface area contributed by atoms with Gasteiger partial charge >= 0.3 is 0 Å². The average Bonchev–Trinajstić information content (AvgIpc) is 2.54. The highest BCUT2D eigenvalue weighted by Crippen LogP contribution is 2.22. The van der Waals surface area contributed by atoms with E-state index in [2.05, 4.69) is 29.5 Å². The van der Waals surface area contributed by atoms with Crippen molar-refractivity contribution in [3.8, 4) is 0 Å². The number of aromatic nitrogens is 1. The van der Waals surface area contributed by atoms with E-state index in [1.165, 1.54) is 0 Å². The maximum Gasteiger partial charge on any atom is 0.252 e. The second-order valence-corrected chi connectivity index (χ2v) is 6.28. The van der Waals surface area contributed by atoms with Gasteiger partial charge in [-0.25, -0.2) is 0 Å². The Morgan fingerprint density at radius 3 is 2.71 bits per heavy atom. The first-order valence-electron chi connectivity index (χ1n) is 8.06. The topological polar surface area (TPSA) is 54.0 Å². The number of pyridine rings is 1. The van der Waals surface area contributed by atoms with E-state index in [1.54, 1.807) is 0 Å². The zero-order chi connectivity index (χ0) is 15.5. The van der Waals surface area contributed by atoms with Gasteiger partial charge in [-0.05, 0) is 37.4 Å². The monoisotopic (exact) mass is 369 g/mol. The summed E-state index contributed by atoms with van der Waals surface area (Å²) in [5.74, 6) is 0.307. The molecule has 1 amide bonds. The lowest BCUT2D eigenvalue weighted by Gasteiger charge is -2.24. The molecule has 24 heavy (non-hydrogen) atoms. The first-order valence-corrected chi connectivity index (χ1v) is 8.06. The molecule has 0 spiro atoms. The van der Waals surface area contributed by atoms with Crippen molar-refractivity contribution in [1.29, 1.82) is 0 Å². The molecule has 1 aromatic carbocycles. The van der Waals surface area contributed by atoms with E-state index in [4.69, 9.17) is 0 Å². The molecule has 1 fully saturated rings. The summed E-state index contributed by atoms with van der Waals surface area (Å²) >= 11 is 0. The fraction of sp³-hybridized carbons (Fsp3) is 0.444. The Bertz CT molecular complexity index is 685. The number of piperidine rings is 1. The van der Waals surface area contributed by atoms with E-state index in [0.717, 1.165) is 48.1 Å². The number of carbonyl (C=O) groups excluding carboxylic acids is 1. The van der Waals surface area contributed by atoms with Crippen LogP contribution in [-0.4, -0.2) is 30.0 Å². The lowest BCUT2D eigenvalue weighted by atomic mass is 10.0. The normalized spacial score (nSPS) is 17.0. The molecule has 6 heteroatoms. The minimum Gasteiger partial charge on any atom is -0.348 e. The van der Waals surface area contributed by atoms with Gasteiger partial charge in [0.2, 0.25) is 0 Å². The van der Waals surface area contributed by atoms with Gasteiger partial charge < -0.3 is 10.6 Å². The van der Waals surface area contributed by atoms with Crippen LogP contribution in [-0.2, 0) is 0 Å². The number of rotatable bonds is 3. The maximum absolute atomic E-state index is 12.7. The predicted octanol–water partition coefficient (Wildman–Crippen LogP) is 3.68. The molecule has 1 saturated heterocycles. The molecule has 0 bridgehead atoms. The molecule has 132 valence electrons. The minimum absolute atomic E-state index is 0. The quantitative estimate of drug-likeness (QED) is 0.867. The average molecular weight is 370 g/mol. The summed E-state index contributed by atoms with van der Waals surface area (Å²) < 4.78 is 0. The highest BCUT2D eigenvalue weighted by atomic mass is 35.5. The van der Waals surface area contributed by atoms with Crippen molar-refractivity contribution in [2.45, 2.75) is 38.6 Å². The molecule has 0 saturated carbocycles. The van der Waals surface area contributed by atoms with E-state index in [9.17, 15) is 4.79 Å². The Labute approximate surface area is 155 Å². The summed E-state index contributed by atoms with van der Waals surface area (Å²) in [6, 6.07) is 10.0.